The molecule has 2 rings (SSSR count). The molecule has 0 heterocycles. The van der Waals surface area contributed by atoms with Crippen molar-refractivity contribution in [1.29, 1.82) is 0 Å². The van der Waals surface area contributed by atoms with Crippen LogP contribution in [0.3, 0.4) is 0 Å². The molecule has 0 atom stereocenters. The molecule has 0 aliphatic carbocycles. The molecule has 0 bridgehead atoms. The molecule has 0 radical (unpaired) electrons. The third-order valence-electron chi connectivity index (χ3n) is 4.87. The summed E-state index contributed by atoms with van der Waals surface area (Å²) in [5.41, 5.74) is 1.85. The standard InChI is InChI=1S/C28H27F3O2/c1-6-33-20(4)17-26(29)21(5)19(3)9-7-18(2)8-10-23-13-16-25(28(31)27(23)30)22-11-14-24(32)15-12-22/h7,9,11-17,32H,2-6,8,10H2,1H3/b9-7-,26-17+. The lowest BCUT2D eigenvalue weighted by Gasteiger charge is -2.09. The molecule has 2 nitrogen and oxygen atoms in total. The van der Waals surface area contributed by atoms with Gasteiger partial charge in [0.25, 0.3) is 0 Å². The Bertz CT molecular complexity index is 1120. The van der Waals surface area contributed by atoms with Gasteiger partial charge in [-0.05, 0) is 48.6 Å². The molecule has 33 heavy (non-hydrogen) atoms. The van der Waals surface area contributed by atoms with Crippen LogP contribution in [0.5, 0.6) is 5.75 Å². The predicted octanol–water partition coefficient (Wildman–Crippen LogP) is 7.90. The van der Waals surface area contributed by atoms with Crippen LogP contribution in [0.4, 0.5) is 13.2 Å². The van der Waals surface area contributed by atoms with E-state index in [1.807, 2.05) is 0 Å². The molecule has 1 N–H and O–H groups in total. The number of aromatic hydroxyl groups is 1. The molecule has 0 aliphatic heterocycles. The van der Waals surface area contributed by atoms with Gasteiger partial charge in [-0.1, -0.05) is 68.3 Å². The van der Waals surface area contributed by atoms with Crippen LogP contribution in [0.1, 0.15) is 18.9 Å². The average molecular weight is 453 g/mol. The molecule has 0 fully saturated rings. The van der Waals surface area contributed by atoms with E-state index in [1.54, 1.807) is 19.1 Å². The van der Waals surface area contributed by atoms with Gasteiger partial charge in [0, 0.05) is 17.2 Å². The number of benzene rings is 2. The fourth-order valence-electron chi connectivity index (χ4n) is 2.95. The van der Waals surface area contributed by atoms with Crippen molar-refractivity contribution < 1.29 is 23.0 Å². The number of aryl methyl sites for hydroxylation is 1. The SMILES string of the molecule is C=C(/C=C\C(=C)C(=C)/C(F)=C\C(=C)OCC)CCc1ccc(-c2ccc(O)cc2)c(F)c1F. The number of halogens is 3. The summed E-state index contributed by atoms with van der Waals surface area (Å²) in [5, 5.41) is 9.36. The van der Waals surface area contributed by atoms with Gasteiger partial charge < -0.3 is 9.84 Å². The quantitative estimate of drug-likeness (QED) is 0.277. The van der Waals surface area contributed by atoms with Gasteiger partial charge in [-0.25, -0.2) is 13.2 Å². The summed E-state index contributed by atoms with van der Waals surface area (Å²) >= 11 is 0. The summed E-state index contributed by atoms with van der Waals surface area (Å²) in [5.74, 6) is -2.25. The van der Waals surface area contributed by atoms with Gasteiger partial charge in [-0.15, -0.1) is 0 Å². The largest absolute Gasteiger partial charge is 0.508 e. The first-order valence-electron chi connectivity index (χ1n) is 10.3. The van der Waals surface area contributed by atoms with E-state index >= 15 is 0 Å². The molecule has 0 aromatic heterocycles. The second kappa shape index (κ2) is 11.8. The maximum atomic E-state index is 14.6. The van der Waals surface area contributed by atoms with Crippen LogP contribution in [0.25, 0.3) is 11.1 Å². The highest BCUT2D eigenvalue weighted by Gasteiger charge is 2.15. The zero-order chi connectivity index (χ0) is 24.5. The second-order valence-corrected chi connectivity index (χ2v) is 7.33. The van der Waals surface area contributed by atoms with Crippen molar-refractivity contribution in [3.05, 3.63) is 126 Å². The molecule has 5 heteroatoms. The number of hydrogen-bond donors (Lipinski definition) is 1. The Morgan fingerprint density at radius 2 is 1.64 bits per heavy atom. The molecule has 2 aromatic rings. The Morgan fingerprint density at radius 3 is 2.27 bits per heavy atom. The van der Waals surface area contributed by atoms with Gasteiger partial charge in [0.15, 0.2) is 11.6 Å². The van der Waals surface area contributed by atoms with Crippen molar-refractivity contribution in [2.45, 2.75) is 19.8 Å². The van der Waals surface area contributed by atoms with E-state index < -0.39 is 17.5 Å². The minimum absolute atomic E-state index is 0.0452. The number of phenolic OH excluding ortho intramolecular Hbond substituents is 1. The highest BCUT2D eigenvalue weighted by Crippen LogP contribution is 2.28. The summed E-state index contributed by atoms with van der Waals surface area (Å²) in [7, 11) is 0. The third-order valence-corrected chi connectivity index (χ3v) is 4.87. The molecule has 0 unspecified atom stereocenters. The highest BCUT2D eigenvalue weighted by atomic mass is 19.2. The number of rotatable bonds is 11. The topological polar surface area (TPSA) is 29.5 Å². The van der Waals surface area contributed by atoms with Crippen LogP contribution in [-0.2, 0) is 11.2 Å². The van der Waals surface area contributed by atoms with Crippen molar-refractivity contribution in [1.82, 2.24) is 0 Å². The molecule has 0 saturated heterocycles. The fraction of sp³-hybridized carbons (Fsp3) is 0.143. The first-order valence-corrected chi connectivity index (χ1v) is 10.3. The first-order chi connectivity index (χ1) is 15.6. The van der Waals surface area contributed by atoms with Gasteiger partial charge in [0.2, 0.25) is 0 Å². The molecular weight excluding hydrogens is 425 g/mol. The van der Waals surface area contributed by atoms with E-state index in [0.29, 0.717) is 29.7 Å². The second-order valence-electron chi connectivity index (χ2n) is 7.33. The van der Waals surface area contributed by atoms with E-state index in [2.05, 4.69) is 26.3 Å². The van der Waals surface area contributed by atoms with E-state index in [1.165, 1.54) is 36.4 Å². The maximum Gasteiger partial charge on any atom is 0.166 e. The monoisotopic (exact) mass is 452 g/mol. The third kappa shape index (κ3) is 7.14. The van der Waals surface area contributed by atoms with E-state index in [0.717, 1.165) is 6.08 Å². The summed E-state index contributed by atoms with van der Waals surface area (Å²) in [4.78, 5) is 0. The van der Waals surface area contributed by atoms with Gasteiger partial charge >= 0.3 is 0 Å². The van der Waals surface area contributed by atoms with Crippen molar-refractivity contribution in [3.63, 3.8) is 0 Å². The lowest BCUT2D eigenvalue weighted by Crippen LogP contribution is -1.98. The zero-order valence-electron chi connectivity index (χ0n) is 18.6. The normalized spacial score (nSPS) is 11.5. The number of phenols is 1. The van der Waals surface area contributed by atoms with Crippen LogP contribution in [0.15, 0.2) is 109 Å². The van der Waals surface area contributed by atoms with Gasteiger partial charge in [-0.3, -0.25) is 0 Å². The van der Waals surface area contributed by atoms with Crippen molar-refractivity contribution in [3.8, 4) is 16.9 Å². The summed E-state index contributed by atoms with van der Waals surface area (Å²) < 4.78 is 48.4. The molecule has 0 spiro atoms. The highest BCUT2D eigenvalue weighted by molar-refractivity contribution is 5.65. The predicted molar refractivity (Wildman–Crippen MR) is 128 cm³/mol. The van der Waals surface area contributed by atoms with Crippen LogP contribution in [0.2, 0.25) is 0 Å². The maximum absolute atomic E-state index is 14.6. The summed E-state index contributed by atoms with van der Waals surface area (Å²) in [6.45, 7) is 17.1. The van der Waals surface area contributed by atoms with Gasteiger partial charge in [-0.2, -0.15) is 0 Å². The zero-order valence-corrected chi connectivity index (χ0v) is 18.6. The number of allylic oxidation sites excluding steroid dienone is 7. The number of ether oxygens (including phenoxy) is 1. The lowest BCUT2D eigenvalue weighted by molar-refractivity contribution is 0.243. The van der Waals surface area contributed by atoms with Crippen LogP contribution in [0, 0.1) is 11.6 Å². The molecule has 172 valence electrons. The van der Waals surface area contributed by atoms with Gasteiger partial charge in [0.05, 0.1) is 6.61 Å². The Morgan fingerprint density at radius 1 is 0.970 bits per heavy atom. The number of hydrogen-bond acceptors (Lipinski definition) is 2. The average Bonchev–Trinajstić information content (AvgIpc) is 2.78. The first kappa shape index (κ1) is 25.5. The fourth-order valence-corrected chi connectivity index (χ4v) is 2.95. The molecule has 0 aliphatic rings. The van der Waals surface area contributed by atoms with Crippen molar-refractivity contribution in [2.24, 2.45) is 0 Å². The molecule has 0 saturated carbocycles. The van der Waals surface area contributed by atoms with E-state index in [9.17, 15) is 18.3 Å². The Hall–Kier alpha value is -3.73. The lowest BCUT2D eigenvalue weighted by atomic mass is 9.98. The van der Waals surface area contributed by atoms with Crippen LogP contribution < -0.4 is 0 Å². The van der Waals surface area contributed by atoms with Gasteiger partial charge in [0.1, 0.15) is 17.3 Å². The minimum Gasteiger partial charge on any atom is -0.508 e. The summed E-state index contributed by atoms with van der Waals surface area (Å²) in [6, 6.07) is 8.91. The van der Waals surface area contributed by atoms with Crippen molar-refractivity contribution >= 4 is 0 Å². The van der Waals surface area contributed by atoms with Crippen LogP contribution in [-0.4, -0.2) is 11.7 Å². The molecular formula is C28H27F3O2. The minimum atomic E-state index is -0.945. The van der Waals surface area contributed by atoms with Crippen molar-refractivity contribution in [2.75, 3.05) is 6.61 Å². The van der Waals surface area contributed by atoms with E-state index in [4.69, 9.17) is 4.74 Å². The molecule has 2 aromatic carbocycles. The van der Waals surface area contributed by atoms with Crippen LogP contribution >= 0.6 is 0 Å². The molecule has 0 amide bonds. The smallest absolute Gasteiger partial charge is 0.166 e. The van der Waals surface area contributed by atoms with E-state index in [-0.39, 0.29) is 34.6 Å². The Kier molecular flexibility index (Phi) is 9.10. The summed E-state index contributed by atoms with van der Waals surface area (Å²) in [6.07, 6.45) is 4.94. The Balaban J connectivity index is 2.00. The Labute approximate surface area is 193 Å².